The summed E-state index contributed by atoms with van der Waals surface area (Å²) < 4.78 is 6.76. The number of aromatic nitrogens is 3. The van der Waals surface area contributed by atoms with Crippen LogP contribution in [0.5, 0.6) is 0 Å². The van der Waals surface area contributed by atoms with Crippen LogP contribution in [-0.2, 0) is 22.4 Å². The van der Waals surface area contributed by atoms with E-state index in [4.69, 9.17) is 4.74 Å². The normalized spacial score (nSPS) is 13.4. The Kier molecular flexibility index (Phi) is 5.28. The Hall–Kier alpha value is -3.22. The lowest BCUT2D eigenvalue weighted by molar-refractivity contribution is -0.118. The van der Waals surface area contributed by atoms with Crippen molar-refractivity contribution < 1.29 is 14.3 Å². The zero-order valence-corrected chi connectivity index (χ0v) is 17.9. The van der Waals surface area contributed by atoms with Crippen molar-refractivity contribution in [2.75, 3.05) is 18.6 Å². The van der Waals surface area contributed by atoms with E-state index in [0.29, 0.717) is 24.9 Å². The van der Waals surface area contributed by atoms with E-state index in [2.05, 4.69) is 10.1 Å². The first kappa shape index (κ1) is 20.1. The minimum absolute atomic E-state index is 0.0495. The summed E-state index contributed by atoms with van der Waals surface area (Å²) in [6, 6.07) is 7.44. The molecule has 0 radical (unpaired) electrons. The highest BCUT2D eigenvalue weighted by Gasteiger charge is 2.26. The van der Waals surface area contributed by atoms with E-state index in [0.717, 1.165) is 52.4 Å². The number of nitrogens with zero attached hydrogens (tertiary/aromatic N) is 4. The van der Waals surface area contributed by atoms with Crippen LogP contribution in [0.1, 0.15) is 51.4 Å². The third-order valence-electron chi connectivity index (χ3n) is 5.83. The van der Waals surface area contributed by atoms with Crippen LogP contribution < -0.4 is 4.90 Å². The predicted octanol–water partition coefficient (Wildman–Crippen LogP) is 3.35. The number of carbonyl (C=O) groups is 2. The van der Waals surface area contributed by atoms with Gasteiger partial charge in [0, 0.05) is 36.1 Å². The smallest absolute Gasteiger partial charge is 0.338 e. The maximum Gasteiger partial charge on any atom is 0.338 e. The van der Waals surface area contributed by atoms with Gasteiger partial charge in [-0.3, -0.25) is 4.79 Å². The second-order valence-electron chi connectivity index (χ2n) is 7.76. The van der Waals surface area contributed by atoms with Crippen molar-refractivity contribution in [1.29, 1.82) is 0 Å². The largest absolute Gasteiger partial charge is 0.465 e. The lowest BCUT2D eigenvalue weighted by Crippen LogP contribution is -2.36. The van der Waals surface area contributed by atoms with E-state index in [-0.39, 0.29) is 11.9 Å². The summed E-state index contributed by atoms with van der Waals surface area (Å²) in [5, 5.41) is 4.51. The molecule has 0 aliphatic carbocycles. The van der Waals surface area contributed by atoms with Gasteiger partial charge in [0.05, 0.1) is 18.4 Å². The molecule has 0 saturated carbocycles. The minimum Gasteiger partial charge on any atom is -0.465 e. The van der Waals surface area contributed by atoms with Gasteiger partial charge in [-0.2, -0.15) is 5.10 Å². The van der Waals surface area contributed by atoms with Crippen LogP contribution in [0.3, 0.4) is 0 Å². The number of amides is 1. The summed E-state index contributed by atoms with van der Waals surface area (Å²) in [5.41, 5.74) is 7.01. The highest BCUT2D eigenvalue weighted by atomic mass is 16.5. The average molecular weight is 406 g/mol. The first-order chi connectivity index (χ1) is 14.4. The van der Waals surface area contributed by atoms with Crippen molar-refractivity contribution in [1.82, 2.24) is 14.6 Å². The molecule has 0 bridgehead atoms. The van der Waals surface area contributed by atoms with Gasteiger partial charge >= 0.3 is 5.97 Å². The van der Waals surface area contributed by atoms with E-state index in [9.17, 15) is 9.59 Å². The zero-order valence-electron chi connectivity index (χ0n) is 17.9. The maximum absolute atomic E-state index is 13.1. The van der Waals surface area contributed by atoms with Crippen LogP contribution in [0.4, 0.5) is 5.69 Å². The van der Waals surface area contributed by atoms with Crippen molar-refractivity contribution >= 4 is 23.2 Å². The van der Waals surface area contributed by atoms with Crippen molar-refractivity contribution in [2.24, 2.45) is 0 Å². The first-order valence-corrected chi connectivity index (χ1v) is 10.2. The van der Waals surface area contributed by atoms with Gasteiger partial charge in [-0.05, 0) is 63.3 Å². The van der Waals surface area contributed by atoms with Crippen molar-refractivity contribution in [3.05, 3.63) is 58.0 Å². The molecule has 30 heavy (non-hydrogen) atoms. The number of rotatable bonds is 4. The van der Waals surface area contributed by atoms with Crippen LogP contribution in [0.2, 0.25) is 0 Å². The molecule has 1 aromatic carbocycles. The number of anilines is 1. The lowest BCUT2D eigenvalue weighted by atomic mass is 9.95. The minimum atomic E-state index is -0.360. The van der Waals surface area contributed by atoms with Gasteiger partial charge in [0.1, 0.15) is 0 Å². The Balaban J connectivity index is 1.58. The molecule has 156 valence electrons. The number of benzene rings is 1. The molecule has 1 amide bonds. The summed E-state index contributed by atoms with van der Waals surface area (Å²) in [4.78, 5) is 31.7. The Labute approximate surface area is 175 Å². The first-order valence-electron chi connectivity index (χ1n) is 10.2. The Bertz CT molecular complexity index is 1150. The molecule has 7 heteroatoms. The molecule has 0 fully saturated rings. The second kappa shape index (κ2) is 7.89. The highest BCUT2D eigenvalue weighted by molar-refractivity contribution is 5.98. The molecular weight excluding hydrogens is 380 g/mol. The van der Waals surface area contributed by atoms with Crippen LogP contribution in [-0.4, -0.2) is 40.1 Å². The van der Waals surface area contributed by atoms with Crippen LogP contribution >= 0.6 is 0 Å². The van der Waals surface area contributed by atoms with Gasteiger partial charge in [0.15, 0.2) is 5.65 Å². The van der Waals surface area contributed by atoms with Crippen LogP contribution in [0.15, 0.2) is 24.3 Å². The third-order valence-corrected chi connectivity index (χ3v) is 5.83. The fraction of sp³-hybridized carbons (Fsp3) is 0.391. The average Bonchev–Trinajstić information content (AvgIpc) is 3.12. The molecule has 0 N–H and O–H groups in total. The number of methoxy groups -OCH3 is 1. The molecule has 0 unspecified atom stereocenters. The number of ether oxygens (including phenoxy) is 1. The molecule has 2 aromatic heterocycles. The van der Waals surface area contributed by atoms with Gasteiger partial charge < -0.3 is 9.64 Å². The highest BCUT2D eigenvalue weighted by Crippen LogP contribution is 2.31. The van der Waals surface area contributed by atoms with E-state index < -0.39 is 0 Å². The summed E-state index contributed by atoms with van der Waals surface area (Å²) in [6.07, 6.45) is 2.56. The summed E-state index contributed by atoms with van der Waals surface area (Å²) >= 11 is 0. The SMILES string of the molecule is COC(=O)c1cccc2c1CCCN2C(=O)CCc1c(C)nc2cc(C)nn2c1C. The quantitative estimate of drug-likeness (QED) is 0.621. The monoisotopic (exact) mass is 406 g/mol. The lowest BCUT2D eigenvalue weighted by Gasteiger charge is -2.30. The molecule has 0 saturated heterocycles. The van der Waals surface area contributed by atoms with Crippen LogP contribution in [0.25, 0.3) is 5.65 Å². The fourth-order valence-corrected chi connectivity index (χ4v) is 4.35. The van der Waals surface area contributed by atoms with Crippen molar-refractivity contribution in [3.63, 3.8) is 0 Å². The summed E-state index contributed by atoms with van der Waals surface area (Å²) in [6.45, 7) is 6.60. The van der Waals surface area contributed by atoms with E-state index in [1.54, 1.807) is 11.0 Å². The second-order valence-corrected chi connectivity index (χ2v) is 7.76. The standard InChI is InChI=1S/C23H26N4O3/c1-14-13-21-24-15(2)17(16(3)27(21)25-14)10-11-22(28)26-12-6-8-18-19(23(29)30-4)7-5-9-20(18)26/h5,7,9,13H,6,8,10-12H2,1-4H3. The molecule has 0 atom stereocenters. The maximum atomic E-state index is 13.1. The predicted molar refractivity (Wildman–Crippen MR) is 114 cm³/mol. The molecule has 1 aliphatic rings. The van der Waals surface area contributed by atoms with Crippen molar-refractivity contribution in [3.8, 4) is 0 Å². The van der Waals surface area contributed by atoms with Crippen LogP contribution in [0, 0.1) is 20.8 Å². The van der Waals surface area contributed by atoms with Gasteiger partial charge in [0.2, 0.25) is 5.91 Å². The number of esters is 1. The Morgan fingerprint density at radius 3 is 2.77 bits per heavy atom. The number of aryl methyl sites for hydroxylation is 3. The molecule has 7 nitrogen and oxygen atoms in total. The number of hydrogen-bond donors (Lipinski definition) is 0. The molecule has 4 rings (SSSR count). The molecular formula is C23H26N4O3. The number of carbonyl (C=O) groups excluding carboxylic acids is 2. The summed E-state index contributed by atoms with van der Waals surface area (Å²) in [7, 11) is 1.38. The van der Waals surface area contributed by atoms with Gasteiger partial charge in [0.25, 0.3) is 0 Å². The zero-order chi connectivity index (χ0) is 21.4. The van der Waals surface area contributed by atoms with Crippen molar-refractivity contribution in [2.45, 2.75) is 46.5 Å². The van der Waals surface area contributed by atoms with E-state index >= 15 is 0 Å². The summed E-state index contributed by atoms with van der Waals surface area (Å²) in [5.74, 6) is -0.310. The fourth-order valence-electron chi connectivity index (χ4n) is 4.35. The third kappa shape index (κ3) is 3.44. The molecule has 1 aliphatic heterocycles. The Morgan fingerprint density at radius 1 is 1.20 bits per heavy atom. The number of fused-ring (bicyclic) bond motifs is 2. The van der Waals surface area contributed by atoms with E-state index in [1.807, 2.05) is 43.5 Å². The topological polar surface area (TPSA) is 76.8 Å². The van der Waals surface area contributed by atoms with Gasteiger partial charge in [-0.15, -0.1) is 0 Å². The van der Waals surface area contributed by atoms with Gasteiger partial charge in [-0.25, -0.2) is 14.3 Å². The molecule has 0 spiro atoms. The number of hydrogen-bond acceptors (Lipinski definition) is 5. The van der Waals surface area contributed by atoms with Gasteiger partial charge in [-0.1, -0.05) is 6.07 Å². The molecule has 3 heterocycles. The molecule has 3 aromatic rings. The Morgan fingerprint density at radius 2 is 2.00 bits per heavy atom. The van der Waals surface area contributed by atoms with E-state index in [1.165, 1.54) is 7.11 Å².